The van der Waals surface area contributed by atoms with E-state index in [-0.39, 0.29) is 13.2 Å². The Kier molecular flexibility index (Phi) is 9.49. The van der Waals surface area contributed by atoms with Crippen LogP contribution in [0.1, 0.15) is 13.8 Å². The van der Waals surface area contributed by atoms with Gasteiger partial charge in [-0.05, 0) is 43.0 Å². The van der Waals surface area contributed by atoms with Gasteiger partial charge in [0.25, 0.3) is 0 Å². The lowest BCUT2D eigenvalue weighted by molar-refractivity contribution is 0.221. The van der Waals surface area contributed by atoms with Gasteiger partial charge in [0.1, 0.15) is 0 Å². The molecule has 4 aromatic carbocycles. The van der Waals surface area contributed by atoms with E-state index in [0.717, 1.165) is 10.6 Å². The summed E-state index contributed by atoms with van der Waals surface area (Å²) in [6.07, 6.45) is 0. The first-order chi connectivity index (χ1) is 17.6. The second-order valence-electron chi connectivity index (χ2n) is 8.07. The van der Waals surface area contributed by atoms with Gasteiger partial charge in [0.05, 0.1) is 13.2 Å². The molecule has 7 heteroatoms. The van der Waals surface area contributed by atoms with E-state index in [2.05, 4.69) is 72.8 Å². The van der Waals surface area contributed by atoms with Crippen LogP contribution in [0.2, 0.25) is 0 Å². The first kappa shape index (κ1) is 26.7. The second-order valence-corrected chi connectivity index (χ2v) is 15.8. The molecule has 0 saturated heterocycles. The molecule has 0 N–H and O–H groups in total. The predicted octanol–water partition coefficient (Wildman–Crippen LogP) is 7.11. The number of rotatable bonds is 11. The summed E-state index contributed by atoms with van der Waals surface area (Å²) in [5.41, 5.74) is 0. The molecular formula is C29H32NO3P3. The van der Waals surface area contributed by atoms with E-state index in [1.165, 1.54) is 10.6 Å². The van der Waals surface area contributed by atoms with E-state index in [1.54, 1.807) is 0 Å². The fourth-order valence-electron chi connectivity index (χ4n) is 4.13. The van der Waals surface area contributed by atoms with Crippen LogP contribution < -0.4 is 21.2 Å². The van der Waals surface area contributed by atoms with Gasteiger partial charge in [-0.25, -0.2) is 4.57 Å². The molecule has 36 heavy (non-hydrogen) atoms. The largest absolute Gasteiger partial charge is 0.453 e. The Morgan fingerprint density at radius 2 is 0.972 bits per heavy atom. The van der Waals surface area contributed by atoms with Gasteiger partial charge in [-0.15, -0.1) is 0 Å². The van der Waals surface area contributed by atoms with Crippen molar-refractivity contribution < 1.29 is 13.6 Å². The molecule has 0 aromatic heterocycles. The summed E-state index contributed by atoms with van der Waals surface area (Å²) in [5, 5.41) is 4.64. The summed E-state index contributed by atoms with van der Waals surface area (Å²) in [5.74, 6) is 0.717. The van der Waals surface area contributed by atoms with Gasteiger partial charge >= 0.3 is 7.75 Å². The van der Waals surface area contributed by atoms with E-state index in [1.807, 2.05) is 62.4 Å². The molecule has 0 aliphatic heterocycles. The lowest BCUT2D eigenvalue weighted by atomic mass is 10.4. The maximum absolute atomic E-state index is 14.1. The van der Waals surface area contributed by atoms with E-state index < -0.39 is 22.7 Å². The summed E-state index contributed by atoms with van der Waals surface area (Å²) in [6.45, 7) is 4.17. The standard InChI is InChI=1S/C29H32NO3P3/c1-3-32-36(31,33-4-2)30-35(28-21-13-7-14-22-28,29-23-15-8-16-24-29)25-34(26-17-9-5-10-18-26)27-19-11-6-12-20-27/h5-24H,3-4,25H2,1-2H3. The molecule has 0 heterocycles. The van der Waals surface area contributed by atoms with Gasteiger partial charge in [-0.2, -0.15) is 4.52 Å². The van der Waals surface area contributed by atoms with Gasteiger partial charge in [0, 0.05) is 13.0 Å². The van der Waals surface area contributed by atoms with Crippen LogP contribution in [0, 0.1) is 0 Å². The van der Waals surface area contributed by atoms with Crippen LogP contribution in [-0.2, 0) is 13.6 Å². The highest BCUT2D eigenvalue weighted by molar-refractivity contribution is 7.94. The van der Waals surface area contributed by atoms with E-state index in [9.17, 15) is 4.57 Å². The van der Waals surface area contributed by atoms with Gasteiger partial charge in [0.2, 0.25) is 0 Å². The Bertz CT molecular complexity index is 1220. The lowest BCUT2D eigenvalue weighted by Crippen LogP contribution is -2.23. The van der Waals surface area contributed by atoms with Gasteiger partial charge < -0.3 is 0 Å². The van der Waals surface area contributed by atoms with Crippen LogP contribution in [0.25, 0.3) is 0 Å². The maximum atomic E-state index is 14.1. The average Bonchev–Trinajstić information content (AvgIpc) is 2.93. The van der Waals surface area contributed by atoms with Crippen LogP contribution >= 0.6 is 22.7 Å². The minimum atomic E-state index is -3.73. The average molecular weight is 536 g/mol. The SMILES string of the molecule is CCOP(=O)(N=P(CP(c1ccccc1)c1ccccc1)(c1ccccc1)c1ccccc1)OCC. The zero-order valence-electron chi connectivity index (χ0n) is 20.7. The highest BCUT2D eigenvalue weighted by Crippen LogP contribution is 2.65. The second kappa shape index (κ2) is 12.8. The smallest absolute Gasteiger partial charge is 0.291 e. The molecule has 0 radical (unpaired) electrons. The predicted molar refractivity (Wildman–Crippen MR) is 156 cm³/mol. The van der Waals surface area contributed by atoms with Crippen molar-refractivity contribution in [3.63, 3.8) is 0 Å². The highest BCUT2D eigenvalue weighted by Gasteiger charge is 2.35. The summed E-state index contributed by atoms with van der Waals surface area (Å²) in [4.78, 5) is 0. The summed E-state index contributed by atoms with van der Waals surface area (Å²) >= 11 is 0. The fourth-order valence-corrected chi connectivity index (χ4v) is 15.6. The molecule has 4 rings (SSSR count). The molecule has 0 saturated carbocycles. The Balaban J connectivity index is 2.04. The first-order valence-electron chi connectivity index (χ1n) is 12.1. The molecule has 0 amide bonds. The summed E-state index contributed by atoms with van der Waals surface area (Å²) in [6, 6.07) is 41.7. The molecule has 0 fully saturated rings. The minimum Gasteiger partial charge on any atom is -0.291 e. The lowest BCUT2D eigenvalue weighted by Gasteiger charge is -2.32. The van der Waals surface area contributed by atoms with Crippen molar-refractivity contribution in [2.75, 3.05) is 19.1 Å². The quantitative estimate of drug-likeness (QED) is 0.192. The Morgan fingerprint density at radius 1 is 0.611 bits per heavy atom. The fraction of sp³-hybridized carbons (Fsp3) is 0.172. The van der Waals surface area contributed by atoms with Crippen LogP contribution in [0.5, 0.6) is 0 Å². The molecule has 0 atom stereocenters. The number of benzene rings is 4. The molecule has 0 aliphatic carbocycles. The molecule has 0 aliphatic rings. The molecule has 186 valence electrons. The zero-order valence-corrected chi connectivity index (χ0v) is 23.4. The molecule has 0 bridgehead atoms. The maximum Gasteiger partial charge on any atom is 0.453 e. The highest BCUT2D eigenvalue weighted by atomic mass is 31.2. The third-order valence-corrected chi connectivity index (χ3v) is 15.9. The van der Waals surface area contributed by atoms with Crippen molar-refractivity contribution in [2.45, 2.75) is 13.8 Å². The van der Waals surface area contributed by atoms with Crippen molar-refractivity contribution in [3.05, 3.63) is 121 Å². The van der Waals surface area contributed by atoms with Crippen molar-refractivity contribution in [2.24, 2.45) is 4.52 Å². The van der Waals surface area contributed by atoms with Crippen LogP contribution in [0.4, 0.5) is 0 Å². The third kappa shape index (κ3) is 6.33. The molecule has 0 spiro atoms. The van der Waals surface area contributed by atoms with Crippen LogP contribution in [-0.4, -0.2) is 19.1 Å². The molecular weight excluding hydrogens is 503 g/mol. The van der Waals surface area contributed by atoms with E-state index in [0.29, 0.717) is 5.90 Å². The number of hydrogen-bond donors (Lipinski definition) is 0. The third-order valence-electron chi connectivity index (χ3n) is 5.70. The Morgan fingerprint density at radius 3 is 1.33 bits per heavy atom. The molecule has 4 aromatic rings. The number of nitrogens with zero attached hydrogens (tertiary/aromatic N) is 1. The van der Waals surface area contributed by atoms with Crippen molar-refractivity contribution in [1.82, 2.24) is 0 Å². The zero-order chi connectivity index (χ0) is 25.3. The molecule has 0 unspecified atom stereocenters. The topological polar surface area (TPSA) is 47.9 Å². The molecule has 4 nitrogen and oxygen atoms in total. The Labute approximate surface area is 216 Å². The van der Waals surface area contributed by atoms with Crippen LogP contribution in [0.3, 0.4) is 0 Å². The summed E-state index contributed by atoms with van der Waals surface area (Å²) < 4.78 is 30.8. The van der Waals surface area contributed by atoms with E-state index >= 15 is 0 Å². The Hall–Kier alpha value is -2.31. The monoisotopic (exact) mass is 535 g/mol. The van der Waals surface area contributed by atoms with Gasteiger partial charge in [-0.3, -0.25) is 9.05 Å². The van der Waals surface area contributed by atoms with Gasteiger partial charge in [-0.1, -0.05) is 121 Å². The van der Waals surface area contributed by atoms with Crippen molar-refractivity contribution in [3.8, 4) is 0 Å². The normalized spacial score (nSPS) is 12.0. The van der Waals surface area contributed by atoms with Gasteiger partial charge in [0.15, 0.2) is 0 Å². The van der Waals surface area contributed by atoms with Crippen LogP contribution in [0.15, 0.2) is 126 Å². The summed E-state index contributed by atoms with van der Waals surface area (Å²) in [7, 11) is -7.19. The van der Waals surface area contributed by atoms with E-state index in [4.69, 9.17) is 13.6 Å². The van der Waals surface area contributed by atoms with Crippen molar-refractivity contribution >= 4 is 43.9 Å². The van der Waals surface area contributed by atoms with Crippen molar-refractivity contribution in [1.29, 1.82) is 0 Å². The minimum absolute atomic E-state index is 0.260. The first-order valence-corrected chi connectivity index (χ1v) is 17.1. The number of hydrogen-bond acceptors (Lipinski definition) is 3.